The summed E-state index contributed by atoms with van der Waals surface area (Å²) in [5, 5.41) is 3.11. The molecule has 1 saturated heterocycles. The molecule has 0 unspecified atom stereocenters. The topological polar surface area (TPSA) is 61.9 Å². The average Bonchev–Trinajstić information content (AvgIpc) is 3.34. The smallest absolute Gasteiger partial charge is 0.253 e. The van der Waals surface area contributed by atoms with E-state index in [-0.39, 0.29) is 17.9 Å². The van der Waals surface area contributed by atoms with E-state index >= 15 is 0 Å². The van der Waals surface area contributed by atoms with Gasteiger partial charge in [-0.3, -0.25) is 14.5 Å². The number of hydrogen-bond acceptors (Lipinski definition) is 4. The molecule has 2 amide bonds. The van der Waals surface area contributed by atoms with E-state index in [1.54, 1.807) is 7.11 Å². The number of nitrogens with zero attached hydrogens (tertiary/aromatic N) is 2. The number of benzene rings is 2. The molecule has 0 aromatic heterocycles. The number of carbonyl (C=O) groups is 2. The van der Waals surface area contributed by atoms with Gasteiger partial charge in [0, 0.05) is 41.9 Å². The minimum absolute atomic E-state index is 0.0473. The Morgan fingerprint density at radius 2 is 1.72 bits per heavy atom. The molecule has 4 rings (SSSR count). The van der Waals surface area contributed by atoms with Crippen LogP contribution in [0.2, 0.25) is 0 Å². The van der Waals surface area contributed by atoms with E-state index in [1.165, 1.54) is 12.8 Å². The van der Waals surface area contributed by atoms with E-state index in [2.05, 4.69) is 26.1 Å². The molecule has 1 aliphatic carbocycles. The summed E-state index contributed by atoms with van der Waals surface area (Å²) in [6.07, 6.45) is 4.52. The third-order valence-corrected chi connectivity index (χ3v) is 7.03. The fourth-order valence-corrected chi connectivity index (χ4v) is 5.25. The normalized spacial score (nSPS) is 18.4. The molecule has 0 spiro atoms. The molecule has 170 valence electrons. The van der Waals surface area contributed by atoms with Gasteiger partial charge in [-0.05, 0) is 61.2 Å². The molecule has 2 aromatic carbocycles. The Balaban J connectivity index is 1.42. The summed E-state index contributed by atoms with van der Waals surface area (Å²) in [6, 6.07) is 14.8. The van der Waals surface area contributed by atoms with E-state index < -0.39 is 0 Å². The Kier molecular flexibility index (Phi) is 7.48. The van der Waals surface area contributed by atoms with Crippen molar-refractivity contribution in [3.05, 3.63) is 58.6 Å². The third kappa shape index (κ3) is 5.33. The van der Waals surface area contributed by atoms with E-state index in [0.29, 0.717) is 37.7 Å². The molecule has 1 aliphatic heterocycles. The monoisotopic (exact) mass is 499 g/mol. The number of methoxy groups -OCH3 is 1. The first-order valence-corrected chi connectivity index (χ1v) is 12.1. The number of rotatable bonds is 6. The van der Waals surface area contributed by atoms with Crippen molar-refractivity contribution in [2.75, 3.05) is 38.6 Å². The van der Waals surface area contributed by atoms with Crippen molar-refractivity contribution in [2.45, 2.75) is 31.7 Å². The SMILES string of the molecule is COc1ccc(NC(=O)[C@H](C2CCCC2)N2CCN(C(=O)c3cccc(Br)c3)CC2)cc1. The molecule has 1 heterocycles. The summed E-state index contributed by atoms with van der Waals surface area (Å²) in [5.41, 5.74) is 1.47. The molecule has 2 aromatic rings. The molecule has 0 bridgehead atoms. The van der Waals surface area contributed by atoms with E-state index in [1.807, 2.05) is 53.4 Å². The molecule has 6 nitrogen and oxygen atoms in total. The second-order valence-electron chi connectivity index (χ2n) is 8.55. The number of carbonyl (C=O) groups excluding carboxylic acids is 2. The van der Waals surface area contributed by atoms with Gasteiger partial charge in [0.15, 0.2) is 0 Å². The predicted molar refractivity (Wildman–Crippen MR) is 129 cm³/mol. The second-order valence-corrected chi connectivity index (χ2v) is 9.46. The lowest BCUT2D eigenvalue weighted by molar-refractivity contribution is -0.123. The molecule has 7 heteroatoms. The Hall–Kier alpha value is -2.38. The van der Waals surface area contributed by atoms with Gasteiger partial charge < -0.3 is 15.0 Å². The lowest BCUT2D eigenvalue weighted by Gasteiger charge is -2.40. The third-order valence-electron chi connectivity index (χ3n) is 6.54. The highest BCUT2D eigenvalue weighted by atomic mass is 79.9. The van der Waals surface area contributed by atoms with Crippen LogP contribution in [-0.4, -0.2) is 60.9 Å². The van der Waals surface area contributed by atoms with E-state index in [0.717, 1.165) is 28.8 Å². The molecule has 2 fully saturated rings. The molecule has 2 aliphatic rings. The largest absolute Gasteiger partial charge is 0.497 e. The Morgan fingerprint density at radius 3 is 2.34 bits per heavy atom. The van der Waals surface area contributed by atoms with Gasteiger partial charge >= 0.3 is 0 Å². The lowest BCUT2D eigenvalue weighted by atomic mass is 9.94. The average molecular weight is 500 g/mol. The van der Waals surface area contributed by atoms with Gasteiger partial charge in [0.25, 0.3) is 5.91 Å². The number of piperazine rings is 1. The first kappa shape index (κ1) is 22.8. The van der Waals surface area contributed by atoms with Crippen LogP contribution < -0.4 is 10.1 Å². The summed E-state index contributed by atoms with van der Waals surface area (Å²) in [7, 11) is 1.63. The van der Waals surface area contributed by atoms with Gasteiger partial charge in [-0.15, -0.1) is 0 Å². The molecule has 0 radical (unpaired) electrons. The summed E-state index contributed by atoms with van der Waals surface area (Å²) in [4.78, 5) is 30.4. The number of amides is 2. The molecular weight excluding hydrogens is 470 g/mol. The molecule has 32 heavy (non-hydrogen) atoms. The van der Waals surface area contributed by atoms with Gasteiger partial charge in [0.05, 0.1) is 13.2 Å². The first-order chi connectivity index (χ1) is 15.5. The minimum Gasteiger partial charge on any atom is -0.497 e. The van der Waals surface area contributed by atoms with Crippen LogP contribution in [-0.2, 0) is 4.79 Å². The quantitative estimate of drug-likeness (QED) is 0.639. The Labute approximate surface area is 198 Å². The zero-order chi connectivity index (χ0) is 22.5. The Morgan fingerprint density at radius 1 is 1.03 bits per heavy atom. The van der Waals surface area contributed by atoms with Crippen molar-refractivity contribution >= 4 is 33.4 Å². The summed E-state index contributed by atoms with van der Waals surface area (Å²) in [6.45, 7) is 2.67. The predicted octanol–water partition coefficient (Wildman–Crippen LogP) is 4.41. The van der Waals surface area contributed by atoms with Crippen molar-refractivity contribution in [1.29, 1.82) is 0 Å². The van der Waals surface area contributed by atoms with Crippen LogP contribution in [0.5, 0.6) is 5.75 Å². The van der Waals surface area contributed by atoms with Crippen LogP contribution in [0.3, 0.4) is 0 Å². The maximum atomic E-state index is 13.4. The van der Waals surface area contributed by atoms with Crippen LogP contribution in [0.4, 0.5) is 5.69 Å². The highest BCUT2D eigenvalue weighted by Crippen LogP contribution is 2.32. The summed E-state index contributed by atoms with van der Waals surface area (Å²) in [5.74, 6) is 1.22. The van der Waals surface area contributed by atoms with E-state index in [9.17, 15) is 9.59 Å². The maximum Gasteiger partial charge on any atom is 0.253 e. The van der Waals surface area contributed by atoms with Gasteiger partial charge in [-0.1, -0.05) is 34.8 Å². The molecule has 1 saturated carbocycles. The van der Waals surface area contributed by atoms with Crippen molar-refractivity contribution in [3.63, 3.8) is 0 Å². The fourth-order valence-electron chi connectivity index (χ4n) is 4.85. The zero-order valence-corrected chi connectivity index (χ0v) is 20.0. The number of halogens is 1. The highest BCUT2D eigenvalue weighted by Gasteiger charge is 2.37. The van der Waals surface area contributed by atoms with Crippen molar-refractivity contribution in [2.24, 2.45) is 5.92 Å². The zero-order valence-electron chi connectivity index (χ0n) is 18.4. The van der Waals surface area contributed by atoms with Crippen LogP contribution in [0.1, 0.15) is 36.0 Å². The summed E-state index contributed by atoms with van der Waals surface area (Å²) >= 11 is 3.44. The van der Waals surface area contributed by atoms with Crippen LogP contribution >= 0.6 is 15.9 Å². The fraction of sp³-hybridized carbons (Fsp3) is 0.440. The Bertz CT molecular complexity index is 936. The first-order valence-electron chi connectivity index (χ1n) is 11.3. The maximum absolute atomic E-state index is 13.4. The van der Waals surface area contributed by atoms with Crippen molar-refractivity contribution in [3.8, 4) is 5.75 Å². The van der Waals surface area contributed by atoms with Gasteiger partial charge in [-0.25, -0.2) is 0 Å². The van der Waals surface area contributed by atoms with Gasteiger partial charge in [-0.2, -0.15) is 0 Å². The minimum atomic E-state index is -0.164. The molecule has 1 N–H and O–H groups in total. The lowest BCUT2D eigenvalue weighted by Crippen LogP contribution is -2.56. The van der Waals surface area contributed by atoms with Gasteiger partial charge in [0.1, 0.15) is 5.75 Å². The van der Waals surface area contributed by atoms with Crippen LogP contribution in [0, 0.1) is 5.92 Å². The number of ether oxygens (including phenoxy) is 1. The van der Waals surface area contributed by atoms with Crippen molar-refractivity contribution < 1.29 is 14.3 Å². The van der Waals surface area contributed by atoms with E-state index in [4.69, 9.17) is 4.74 Å². The standard InChI is InChI=1S/C25H30BrN3O3/c1-32-22-11-9-21(10-12-22)27-24(30)23(18-5-2-3-6-18)28-13-15-29(16-14-28)25(31)19-7-4-8-20(26)17-19/h4,7-12,17-18,23H,2-3,5-6,13-16H2,1H3,(H,27,30)/t23-/m0/s1. The van der Waals surface area contributed by atoms with Crippen molar-refractivity contribution in [1.82, 2.24) is 9.80 Å². The molecule has 1 atom stereocenters. The molecular formula is C25H30BrN3O3. The number of hydrogen-bond donors (Lipinski definition) is 1. The highest BCUT2D eigenvalue weighted by molar-refractivity contribution is 9.10. The number of nitrogens with one attached hydrogen (secondary N) is 1. The second kappa shape index (κ2) is 10.5. The van der Waals surface area contributed by atoms with Crippen LogP contribution in [0.25, 0.3) is 0 Å². The van der Waals surface area contributed by atoms with Gasteiger partial charge in [0.2, 0.25) is 5.91 Å². The summed E-state index contributed by atoms with van der Waals surface area (Å²) < 4.78 is 6.11. The van der Waals surface area contributed by atoms with Crippen LogP contribution in [0.15, 0.2) is 53.0 Å². The number of anilines is 1.